The van der Waals surface area contributed by atoms with Crippen molar-refractivity contribution in [1.29, 1.82) is 0 Å². The van der Waals surface area contributed by atoms with Gasteiger partial charge in [0.2, 0.25) is 5.91 Å². The van der Waals surface area contributed by atoms with Crippen molar-refractivity contribution in [2.45, 2.75) is 11.6 Å². The normalized spacial score (nSPS) is 10.9. The van der Waals surface area contributed by atoms with E-state index in [1.165, 1.54) is 30.2 Å². The molecule has 0 aliphatic rings. The summed E-state index contributed by atoms with van der Waals surface area (Å²) in [5.41, 5.74) is 3.10. The number of thioether (sulfide) groups is 1. The Bertz CT molecular complexity index is 1280. The van der Waals surface area contributed by atoms with E-state index >= 15 is 0 Å². The molecule has 0 fully saturated rings. The van der Waals surface area contributed by atoms with E-state index in [-0.39, 0.29) is 11.7 Å². The number of rotatable bonds is 8. The Labute approximate surface area is 199 Å². The minimum Gasteiger partial charge on any atom is -0.465 e. The maximum Gasteiger partial charge on any atom is 0.341 e. The molecule has 10 heteroatoms. The fourth-order valence-corrected chi connectivity index (χ4v) is 5.05. The summed E-state index contributed by atoms with van der Waals surface area (Å²) < 4.78 is 8.90. The smallest absolute Gasteiger partial charge is 0.341 e. The first kappa shape index (κ1) is 22.8. The number of nitrogens with one attached hydrogen (secondary N) is 1. The highest BCUT2D eigenvalue weighted by atomic mass is 32.2. The zero-order chi connectivity index (χ0) is 23.4. The fraction of sp³-hybridized carbons (Fsp3) is 0.217. The van der Waals surface area contributed by atoms with Crippen LogP contribution in [0.15, 0.2) is 59.2 Å². The molecular formula is C23H23N5O3S2. The Balaban J connectivity index is 1.44. The molecule has 0 bridgehead atoms. The van der Waals surface area contributed by atoms with E-state index in [1.54, 1.807) is 0 Å². The summed E-state index contributed by atoms with van der Waals surface area (Å²) in [7, 11) is 5.21. The standard InChI is InChI=1S/C23H23N5O3S2/c1-27-11-7-10-16(27)12-18-25-26-23(28(18)2)33-14-19(29)24-21-20(22(30)31-3)17(13-32-21)15-8-5-4-6-9-15/h4-11,13H,12,14H2,1-3H3,(H,24,29). The fourth-order valence-electron chi connectivity index (χ4n) is 3.34. The van der Waals surface area contributed by atoms with Crippen LogP contribution in [0, 0.1) is 0 Å². The molecule has 0 aliphatic heterocycles. The largest absolute Gasteiger partial charge is 0.465 e. The zero-order valence-electron chi connectivity index (χ0n) is 18.4. The monoisotopic (exact) mass is 481 g/mol. The lowest BCUT2D eigenvalue weighted by Crippen LogP contribution is -2.16. The zero-order valence-corrected chi connectivity index (χ0v) is 20.1. The van der Waals surface area contributed by atoms with Crippen LogP contribution in [0.25, 0.3) is 11.1 Å². The second-order valence-corrected chi connectivity index (χ2v) is 9.12. The Hall–Kier alpha value is -3.37. The van der Waals surface area contributed by atoms with Crippen molar-refractivity contribution in [2.24, 2.45) is 14.1 Å². The lowest BCUT2D eigenvalue weighted by Gasteiger charge is -2.08. The van der Waals surface area contributed by atoms with Gasteiger partial charge in [-0.3, -0.25) is 4.79 Å². The summed E-state index contributed by atoms with van der Waals surface area (Å²) in [5, 5.41) is 14.3. The predicted molar refractivity (Wildman–Crippen MR) is 130 cm³/mol. The quantitative estimate of drug-likeness (QED) is 0.302. The number of amides is 1. The highest BCUT2D eigenvalue weighted by Gasteiger charge is 2.22. The van der Waals surface area contributed by atoms with Crippen molar-refractivity contribution in [3.63, 3.8) is 0 Å². The number of nitrogens with zero attached hydrogens (tertiary/aromatic N) is 4. The average molecular weight is 482 g/mol. The minimum atomic E-state index is -0.489. The number of aryl methyl sites for hydroxylation is 1. The molecule has 1 aromatic carbocycles. The number of anilines is 1. The maximum absolute atomic E-state index is 12.7. The molecular weight excluding hydrogens is 458 g/mol. The molecule has 4 rings (SSSR count). The molecule has 1 amide bonds. The van der Waals surface area contributed by atoms with Gasteiger partial charge in [0.05, 0.1) is 12.9 Å². The summed E-state index contributed by atoms with van der Waals surface area (Å²) in [4.78, 5) is 25.1. The third-order valence-corrected chi connectivity index (χ3v) is 7.08. The number of carbonyl (C=O) groups excluding carboxylic acids is 2. The van der Waals surface area contributed by atoms with Crippen LogP contribution < -0.4 is 5.32 Å². The summed E-state index contributed by atoms with van der Waals surface area (Å²) >= 11 is 2.59. The van der Waals surface area contributed by atoms with Crippen LogP contribution in [0.2, 0.25) is 0 Å². The number of ether oxygens (including phenoxy) is 1. The van der Waals surface area contributed by atoms with Crippen molar-refractivity contribution in [3.05, 3.63) is 71.1 Å². The Morgan fingerprint density at radius 3 is 2.61 bits per heavy atom. The molecule has 0 saturated heterocycles. The van der Waals surface area contributed by atoms with E-state index in [9.17, 15) is 9.59 Å². The van der Waals surface area contributed by atoms with E-state index < -0.39 is 5.97 Å². The molecule has 1 N–H and O–H groups in total. The van der Waals surface area contributed by atoms with E-state index in [0.717, 1.165) is 22.6 Å². The van der Waals surface area contributed by atoms with Gasteiger partial charge in [-0.05, 0) is 17.7 Å². The van der Waals surface area contributed by atoms with Crippen molar-refractivity contribution in [3.8, 4) is 11.1 Å². The molecule has 0 radical (unpaired) electrons. The second-order valence-electron chi connectivity index (χ2n) is 7.29. The summed E-state index contributed by atoms with van der Waals surface area (Å²) in [6.45, 7) is 0. The first-order valence-corrected chi connectivity index (χ1v) is 12.0. The summed E-state index contributed by atoms with van der Waals surface area (Å²) in [6.07, 6.45) is 2.64. The van der Waals surface area contributed by atoms with E-state index in [2.05, 4.69) is 15.5 Å². The van der Waals surface area contributed by atoms with Crippen LogP contribution in [0.4, 0.5) is 5.00 Å². The number of thiophene rings is 1. The number of hydrogen-bond acceptors (Lipinski definition) is 7. The van der Waals surface area contributed by atoms with Crippen molar-refractivity contribution in [1.82, 2.24) is 19.3 Å². The van der Waals surface area contributed by atoms with Crippen LogP contribution in [-0.4, -0.2) is 44.1 Å². The topological polar surface area (TPSA) is 91.0 Å². The van der Waals surface area contributed by atoms with Crippen LogP contribution >= 0.6 is 23.1 Å². The van der Waals surface area contributed by atoms with Gasteiger partial charge >= 0.3 is 5.97 Å². The highest BCUT2D eigenvalue weighted by molar-refractivity contribution is 7.99. The number of hydrogen-bond donors (Lipinski definition) is 1. The van der Waals surface area contributed by atoms with Crippen LogP contribution in [0.3, 0.4) is 0 Å². The molecule has 0 aliphatic carbocycles. The van der Waals surface area contributed by atoms with E-state index in [4.69, 9.17) is 4.74 Å². The lowest BCUT2D eigenvalue weighted by molar-refractivity contribution is -0.113. The van der Waals surface area contributed by atoms with Gasteiger partial charge in [0.25, 0.3) is 0 Å². The van der Waals surface area contributed by atoms with Gasteiger partial charge in [-0.15, -0.1) is 21.5 Å². The predicted octanol–water partition coefficient (Wildman–Crippen LogP) is 3.99. The molecule has 0 saturated carbocycles. The summed E-state index contributed by atoms with van der Waals surface area (Å²) in [6, 6.07) is 13.6. The number of carbonyl (C=O) groups is 2. The van der Waals surface area contributed by atoms with E-state index in [1.807, 2.05) is 77.3 Å². The molecule has 4 aromatic rings. The van der Waals surface area contributed by atoms with Gasteiger partial charge in [0, 0.05) is 43.4 Å². The molecule has 0 spiro atoms. The van der Waals surface area contributed by atoms with Crippen LogP contribution in [0.1, 0.15) is 21.9 Å². The number of methoxy groups -OCH3 is 1. The molecule has 0 unspecified atom stereocenters. The molecule has 170 valence electrons. The maximum atomic E-state index is 12.7. The molecule has 0 atom stereocenters. The van der Waals surface area contributed by atoms with Crippen LogP contribution in [-0.2, 0) is 30.0 Å². The first-order valence-electron chi connectivity index (χ1n) is 10.1. The molecule has 33 heavy (non-hydrogen) atoms. The van der Waals surface area contributed by atoms with Gasteiger partial charge in [-0.25, -0.2) is 4.79 Å². The van der Waals surface area contributed by atoms with Gasteiger partial charge in [0.1, 0.15) is 16.4 Å². The van der Waals surface area contributed by atoms with Gasteiger partial charge in [-0.2, -0.15) is 0 Å². The molecule has 3 aromatic heterocycles. The SMILES string of the molecule is COC(=O)c1c(-c2ccccc2)csc1NC(=O)CSc1nnc(Cc2cccn2C)n1C. The Kier molecular flexibility index (Phi) is 6.95. The van der Waals surface area contributed by atoms with Crippen molar-refractivity contribution >= 4 is 40.0 Å². The third-order valence-electron chi connectivity index (χ3n) is 5.17. The minimum absolute atomic E-state index is 0.134. The number of aromatic nitrogens is 4. The van der Waals surface area contributed by atoms with Crippen molar-refractivity contribution < 1.29 is 14.3 Å². The van der Waals surface area contributed by atoms with E-state index in [0.29, 0.717) is 22.1 Å². The first-order chi connectivity index (χ1) is 16.0. The van der Waals surface area contributed by atoms with Crippen LogP contribution in [0.5, 0.6) is 0 Å². The van der Waals surface area contributed by atoms with Crippen molar-refractivity contribution in [2.75, 3.05) is 18.2 Å². The third kappa shape index (κ3) is 5.01. The Morgan fingerprint density at radius 1 is 1.12 bits per heavy atom. The van der Waals surface area contributed by atoms with Gasteiger partial charge in [0.15, 0.2) is 5.16 Å². The van der Waals surface area contributed by atoms with Gasteiger partial charge < -0.3 is 19.2 Å². The lowest BCUT2D eigenvalue weighted by atomic mass is 10.0. The van der Waals surface area contributed by atoms with Gasteiger partial charge in [-0.1, -0.05) is 42.1 Å². The number of benzene rings is 1. The molecule has 3 heterocycles. The second kappa shape index (κ2) is 10.1. The highest BCUT2D eigenvalue weighted by Crippen LogP contribution is 2.36. The number of esters is 1. The Morgan fingerprint density at radius 2 is 1.91 bits per heavy atom. The summed E-state index contributed by atoms with van der Waals surface area (Å²) in [5.74, 6) is 0.226. The average Bonchev–Trinajstić information content (AvgIpc) is 3.52. The molecule has 8 nitrogen and oxygen atoms in total.